The molecule has 0 fully saturated rings. The van der Waals surface area contributed by atoms with Gasteiger partial charge in [-0.2, -0.15) is 5.10 Å². The fourth-order valence-electron chi connectivity index (χ4n) is 3.02. The highest BCUT2D eigenvalue weighted by molar-refractivity contribution is 7.71. The van der Waals surface area contributed by atoms with Crippen molar-refractivity contribution in [3.63, 3.8) is 0 Å². The molecule has 0 unspecified atom stereocenters. The van der Waals surface area contributed by atoms with Gasteiger partial charge in [0.25, 0.3) is 0 Å². The lowest BCUT2D eigenvalue weighted by molar-refractivity contribution is -0.116. The Hall–Kier alpha value is -2.93. The minimum atomic E-state index is -0.0633. The maximum absolute atomic E-state index is 12.5. The summed E-state index contributed by atoms with van der Waals surface area (Å²) < 4.78 is 7.81. The molecule has 6 nitrogen and oxygen atoms in total. The summed E-state index contributed by atoms with van der Waals surface area (Å²) in [5.74, 6) is 1.85. The maximum atomic E-state index is 12.5. The van der Waals surface area contributed by atoms with E-state index in [1.54, 1.807) is 0 Å². The molecule has 7 heteroatoms. The summed E-state index contributed by atoms with van der Waals surface area (Å²) >= 11 is 5.36. The van der Waals surface area contributed by atoms with Gasteiger partial charge in [0.1, 0.15) is 5.75 Å². The van der Waals surface area contributed by atoms with Crippen molar-refractivity contribution in [1.29, 1.82) is 0 Å². The van der Waals surface area contributed by atoms with Gasteiger partial charge in [-0.1, -0.05) is 26.0 Å². The zero-order valence-electron chi connectivity index (χ0n) is 16.9. The number of H-pyrrole nitrogens is 1. The number of amides is 1. The first-order valence-corrected chi connectivity index (χ1v) is 10.2. The minimum absolute atomic E-state index is 0.0633. The Bertz CT molecular complexity index is 1020. The van der Waals surface area contributed by atoms with E-state index in [0.29, 0.717) is 36.1 Å². The number of benzene rings is 2. The van der Waals surface area contributed by atoms with E-state index in [-0.39, 0.29) is 5.91 Å². The van der Waals surface area contributed by atoms with Crippen LogP contribution in [0.4, 0.5) is 5.69 Å². The Morgan fingerprint density at radius 1 is 1.24 bits per heavy atom. The van der Waals surface area contributed by atoms with E-state index in [4.69, 9.17) is 17.0 Å². The number of aromatic amines is 1. The van der Waals surface area contributed by atoms with Gasteiger partial charge in [-0.15, -0.1) is 0 Å². The van der Waals surface area contributed by atoms with Crippen LogP contribution in [-0.4, -0.2) is 27.3 Å². The largest absolute Gasteiger partial charge is 0.494 e. The monoisotopic (exact) mass is 410 g/mol. The molecule has 3 rings (SSSR count). The second-order valence-corrected chi connectivity index (χ2v) is 7.43. The highest BCUT2D eigenvalue weighted by Gasteiger charge is 2.11. The molecule has 0 spiro atoms. The first-order chi connectivity index (χ1) is 14.0. The molecule has 0 saturated heterocycles. The van der Waals surface area contributed by atoms with E-state index < -0.39 is 0 Å². The average molecular weight is 411 g/mol. The van der Waals surface area contributed by atoms with Crippen molar-refractivity contribution in [2.24, 2.45) is 0 Å². The normalized spacial score (nSPS) is 10.9. The molecule has 0 atom stereocenters. The van der Waals surface area contributed by atoms with Crippen LogP contribution < -0.4 is 10.1 Å². The van der Waals surface area contributed by atoms with E-state index in [0.717, 1.165) is 17.0 Å². The number of rotatable bonds is 8. The summed E-state index contributed by atoms with van der Waals surface area (Å²) in [5, 5.41) is 10.1. The fraction of sp³-hybridized carbons (Fsp3) is 0.318. The molecule has 1 amide bonds. The van der Waals surface area contributed by atoms with Crippen LogP contribution in [-0.2, 0) is 11.3 Å². The van der Waals surface area contributed by atoms with Crippen molar-refractivity contribution in [3.05, 3.63) is 58.9 Å². The zero-order chi connectivity index (χ0) is 20.8. The lowest BCUT2D eigenvalue weighted by Gasteiger charge is -2.11. The lowest BCUT2D eigenvalue weighted by Crippen LogP contribution is -2.15. The summed E-state index contributed by atoms with van der Waals surface area (Å²) in [5.41, 5.74) is 2.91. The molecule has 0 bridgehead atoms. The van der Waals surface area contributed by atoms with Gasteiger partial charge in [0.2, 0.25) is 5.91 Å². The molecule has 2 aromatic carbocycles. The average Bonchev–Trinajstić information content (AvgIpc) is 3.08. The van der Waals surface area contributed by atoms with Gasteiger partial charge in [0.15, 0.2) is 10.6 Å². The molecule has 0 aliphatic heterocycles. The minimum Gasteiger partial charge on any atom is -0.494 e. The first kappa shape index (κ1) is 20.8. The molecule has 29 heavy (non-hydrogen) atoms. The summed E-state index contributed by atoms with van der Waals surface area (Å²) in [6.07, 6.45) is 0.295. The third-order valence-electron chi connectivity index (χ3n) is 4.58. The molecule has 2 N–H and O–H groups in total. The fourth-order valence-corrected chi connectivity index (χ4v) is 3.25. The predicted octanol–water partition coefficient (Wildman–Crippen LogP) is 5.16. The van der Waals surface area contributed by atoms with Gasteiger partial charge < -0.3 is 10.1 Å². The Morgan fingerprint density at radius 2 is 2.00 bits per heavy atom. The molecule has 3 aromatic rings. The third kappa shape index (κ3) is 5.32. The van der Waals surface area contributed by atoms with E-state index in [1.165, 1.54) is 5.56 Å². The quantitative estimate of drug-likeness (QED) is 0.503. The van der Waals surface area contributed by atoms with Gasteiger partial charge in [-0.25, -0.2) is 0 Å². The summed E-state index contributed by atoms with van der Waals surface area (Å²) in [7, 11) is 0. The summed E-state index contributed by atoms with van der Waals surface area (Å²) in [6, 6.07) is 15.6. The van der Waals surface area contributed by atoms with E-state index in [1.807, 2.05) is 54.0 Å². The maximum Gasteiger partial charge on any atom is 0.226 e. The smallest absolute Gasteiger partial charge is 0.226 e. The molecule has 1 aromatic heterocycles. The van der Waals surface area contributed by atoms with Crippen LogP contribution in [0.15, 0.2) is 48.5 Å². The molecule has 0 radical (unpaired) electrons. The molecule has 0 aliphatic carbocycles. The second-order valence-electron chi connectivity index (χ2n) is 7.04. The Balaban J connectivity index is 1.68. The number of carbonyl (C=O) groups excluding carboxylic acids is 1. The summed E-state index contributed by atoms with van der Waals surface area (Å²) in [4.78, 5) is 12.5. The molecule has 0 saturated carbocycles. The predicted molar refractivity (Wildman–Crippen MR) is 118 cm³/mol. The van der Waals surface area contributed by atoms with Gasteiger partial charge in [0.05, 0.1) is 6.61 Å². The Morgan fingerprint density at radius 3 is 2.69 bits per heavy atom. The number of carbonyl (C=O) groups is 1. The number of nitrogens with one attached hydrogen (secondary N) is 2. The van der Waals surface area contributed by atoms with Crippen LogP contribution in [0.2, 0.25) is 0 Å². The van der Waals surface area contributed by atoms with E-state index in [2.05, 4.69) is 35.4 Å². The van der Waals surface area contributed by atoms with Crippen LogP contribution in [0.1, 0.15) is 38.7 Å². The van der Waals surface area contributed by atoms with Crippen LogP contribution >= 0.6 is 12.2 Å². The van der Waals surface area contributed by atoms with Crippen LogP contribution in [0.25, 0.3) is 11.4 Å². The van der Waals surface area contributed by atoms with Gasteiger partial charge >= 0.3 is 0 Å². The molecule has 0 aliphatic rings. The Kier molecular flexibility index (Phi) is 6.82. The van der Waals surface area contributed by atoms with Crippen molar-refractivity contribution >= 4 is 23.8 Å². The second kappa shape index (κ2) is 9.52. The number of anilines is 1. The standard InChI is InChI=1S/C22H26N4O2S/c1-4-28-19-10-8-16(9-11-19)21-24-25-22(29)26(21)13-12-20(27)23-18-7-5-6-17(14-18)15(2)3/h5-11,14-15H,4,12-13H2,1-3H3,(H,23,27)(H,25,29). The number of hydrogen-bond acceptors (Lipinski definition) is 4. The van der Waals surface area contributed by atoms with Crippen molar-refractivity contribution in [1.82, 2.24) is 14.8 Å². The highest BCUT2D eigenvalue weighted by atomic mass is 32.1. The number of nitrogens with zero attached hydrogens (tertiary/aromatic N) is 2. The van der Waals surface area contributed by atoms with Crippen LogP contribution in [0, 0.1) is 4.77 Å². The molecule has 152 valence electrons. The Labute approximate surface area is 175 Å². The summed E-state index contributed by atoms with van der Waals surface area (Å²) in [6.45, 7) is 7.26. The molecular weight excluding hydrogens is 384 g/mol. The van der Waals surface area contributed by atoms with E-state index >= 15 is 0 Å². The van der Waals surface area contributed by atoms with Crippen molar-refractivity contribution in [2.75, 3.05) is 11.9 Å². The van der Waals surface area contributed by atoms with Crippen LogP contribution in [0.3, 0.4) is 0 Å². The SMILES string of the molecule is CCOc1ccc(-c2n[nH]c(=S)n2CCC(=O)Nc2cccc(C(C)C)c2)cc1. The molecular formula is C22H26N4O2S. The lowest BCUT2D eigenvalue weighted by atomic mass is 10.0. The van der Waals surface area contributed by atoms with Crippen LogP contribution in [0.5, 0.6) is 5.75 Å². The highest BCUT2D eigenvalue weighted by Crippen LogP contribution is 2.22. The number of hydrogen-bond donors (Lipinski definition) is 2. The molecule has 1 heterocycles. The van der Waals surface area contributed by atoms with Crippen molar-refractivity contribution < 1.29 is 9.53 Å². The van der Waals surface area contributed by atoms with Crippen molar-refractivity contribution in [3.8, 4) is 17.1 Å². The van der Waals surface area contributed by atoms with Gasteiger partial charge in [-0.3, -0.25) is 14.5 Å². The number of ether oxygens (including phenoxy) is 1. The number of aromatic nitrogens is 3. The third-order valence-corrected chi connectivity index (χ3v) is 4.89. The topological polar surface area (TPSA) is 71.9 Å². The zero-order valence-corrected chi connectivity index (χ0v) is 17.8. The van der Waals surface area contributed by atoms with Gasteiger partial charge in [-0.05, 0) is 67.0 Å². The van der Waals surface area contributed by atoms with Crippen molar-refractivity contribution in [2.45, 2.75) is 39.7 Å². The first-order valence-electron chi connectivity index (χ1n) is 9.76. The van der Waals surface area contributed by atoms with E-state index in [9.17, 15) is 4.79 Å². The van der Waals surface area contributed by atoms with Gasteiger partial charge in [0, 0.05) is 24.2 Å².